The normalized spacial score (nSPS) is 22.4. The van der Waals surface area contributed by atoms with Crippen molar-refractivity contribution in [1.82, 2.24) is 10.1 Å². The SMILES string of the molecule is NC1CCC(c2nc(Cc3ccc(Cl)c(Cl)c3)no2)CC1. The molecule has 2 N–H and O–H groups in total. The fourth-order valence-corrected chi connectivity index (χ4v) is 3.02. The van der Waals surface area contributed by atoms with Gasteiger partial charge in [-0.2, -0.15) is 4.98 Å². The smallest absolute Gasteiger partial charge is 0.229 e. The van der Waals surface area contributed by atoms with Crippen LogP contribution in [0.3, 0.4) is 0 Å². The summed E-state index contributed by atoms with van der Waals surface area (Å²) in [5.74, 6) is 1.76. The van der Waals surface area contributed by atoms with Gasteiger partial charge in [-0.05, 0) is 43.4 Å². The van der Waals surface area contributed by atoms with Crippen LogP contribution in [0.2, 0.25) is 10.0 Å². The summed E-state index contributed by atoms with van der Waals surface area (Å²) in [5.41, 5.74) is 6.93. The zero-order chi connectivity index (χ0) is 14.8. The summed E-state index contributed by atoms with van der Waals surface area (Å²) >= 11 is 11.9. The van der Waals surface area contributed by atoms with E-state index < -0.39 is 0 Å². The molecule has 112 valence electrons. The maximum Gasteiger partial charge on any atom is 0.229 e. The van der Waals surface area contributed by atoms with E-state index in [2.05, 4.69) is 10.1 Å². The summed E-state index contributed by atoms with van der Waals surface area (Å²) in [7, 11) is 0. The van der Waals surface area contributed by atoms with Crippen LogP contribution in [0, 0.1) is 0 Å². The van der Waals surface area contributed by atoms with Gasteiger partial charge in [0.05, 0.1) is 10.0 Å². The number of benzene rings is 1. The molecule has 0 aliphatic heterocycles. The maximum absolute atomic E-state index is 6.01. The second-order valence-corrected chi connectivity index (χ2v) is 6.40. The molecule has 0 amide bonds. The molecule has 6 heteroatoms. The fraction of sp³-hybridized carbons (Fsp3) is 0.467. The van der Waals surface area contributed by atoms with E-state index in [1.54, 1.807) is 6.07 Å². The lowest BCUT2D eigenvalue weighted by Crippen LogP contribution is -2.25. The minimum Gasteiger partial charge on any atom is -0.339 e. The Morgan fingerprint density at radius 3 is 2.62 bits per heavy atom. The fourth-order valence-electron chi connectivity index (χ4n) is 2.70. The number of halogens is 2. The Kier molecular flexibility index (Phi) is 4.48. The van der Waals surface area contributed by atoms with Crippen molar-refractivity contribution < 1.29 is 4.52 Å². The predicted octanol–water partition coefficient (Wildman–Crippen LogP) is 3.95. The van der Waals surface area contributed by atoms with Crippen LogP contribution in [0.15, 0.2) is 22.7 Å². The van der Waals surface area contributed by atoms with Crippen molar-refractivity contribution in [1.29, 1.82) is 0 Å². The first-order valence-electron chi connectivity index (χ1n) is 7.14. The summed E-state index contributed by atoms with van der Waals surface area (Å²) in [4.78, 5) is 4.51. The molecule has 1 aliphatic rings. The van der Waals surface area contributed by atoms with Crippen LogP contribution in [0.4, 0.5) is 0 Å². The van der Waals surface area contributed by atoms with Crippen molar-refractivity contribution in [2.24, 2.45) is 5.73 Å². The van der Waals surface area contributed by atoms with Crippen LogP contribution >= 0.6 is 23.2 Å². The molecular weight excluding hydrogens is 309 g/mol. The van der Waals surface area contributed by atoms with Crippen LogP contribution < -0.4 is 5.73 Å². The van der Waals surface area contributed by atoms with Crippen LogP contribution in [-0.2, 0) is 6.42 Å². The van der Waals surface area contributed by atoms with Crippen molar-refractivity contribution in [2.45, 2.75) is 44.1 Å². The molecule has 0 spiro atoms. The van der Waals surface area contributed by atoms with Crippen molar-refractivity contribution in [3.8, 4) is 0 Å². The zero-order valence-corrected chi connectivity index (χ0v) is 13.1. The second-order valence-electron chi connectivity index (χ2n) is 5.59. The standard InChI is InChI=1S/C15H17Cl2N3O/c16-12-6-1-9(7-13(12)17)8-14-19-15(21-20-14)10-2-4-11(18)5-3-10/h1,6-7,10-11H,2-5,8,18H2. The van der Waals surface area contributed by atoms with E-state index in [0.717, 1.165) is 37.1 Å². The molecule has 1 aromatic carbocycles. The zero-order valence-electron chi connectivity index (χ0n) is 11.6. The molecule has 1 heterocycles. The number of rotatable bonds is 3. The Bertz CT molecular complexity index is 621. The Morgan fingerprint density at radius 1 is 1.14 bits per heavy atom. The van der Waals surface area contributed by atoms with Crippen molar-refractivity contribution in [2.75, 3.05) is 0 Å². The molecule has 1 aliphatic carbocycles. The van der Waals surface area contributed by atoms with E-state index in [-0.39, 0.29) is 0 Å². The van der Waals surface area contributed by atoms with Crippen LogP contribution in [-0.4, -0.2) is 16.2 Å². The lowest BCUT2D eigenvalue weighted by Gasteiger charge is -2.22. The van der Waals surface area contributed by atoms with Crippen molar-refractivity contribution >= 4 is 23.2 Å². The predicted molar refractivity (Wildman–Crippen MR) is 82.8 cm³/mol. The molecule has 21 heavy (non-hydrogen) atoms. The molecule has 1 aromatic heterocycles. The molecule has 2 aromatic rings. The van der Waals surface area contributed by atoms with Gasteiger partial charge in [0.25, 0.3) is 0 Å². The van der Waals surface area contributed by atoms with Gasteiger partial charge in [0.15, 0.2) is 5.82 Å². The number of aromatic nitrogens is 2. The quantitative estimate of drug-likeness (QED) is 0.927. The Hall–Kier alpha value is -1.10. The van der Waals surface area contributed by atoms with E-state index >= 15 is 0 Å². The Balaban J connectivity index is 1.68. The number of hydrogen-bond acceptors (Lipinski definition) is 4. The average Bonchev–Trinajstić information content (AvgIpc) is 2.92. The first kappa shape index (κ1) is 14.8. The van der Waals surface area contributed by atoms with Crippen molar-refractivity contribution in [3.63, 3.8) is 0 Å². The number of nitrogens with two attached hydrogens (primary N) is 1. The highest BCUT2D eigenvalue weighted by Crippen LogP contribution is 2.31. The number of hydrogen-bond donors (Lipinski definition) is 1. The van der Waals surface area contributed by atoms with Gasteiger partial charge in [-0.1, -0.05) is 34.4 Å². The second kappa shape index (κ2) is 6.34. The monoisotopic (exact) mass is 325 g/mol. The van der Waals surface area contributed by atoms with Crippen LogP contribution in [0.1, 0.15) is 48.9 Å². The van der Waals surface area contributed by atoms with E-state index in [1.165, 1.54) is 0 Å². The topological polar surface area (TPSA) is 64.9 Å². The minimum absolute atomic E-state index is 0.319. The van der Waals surface area contributed by atoms with Gasteiger partial charge in [-0.15, -0.1) is 0 Å². The maximum atomic E-state index is 6.01. The molecule has 0 atom stereocenters. The van der Waals surface area contributed by atoms with Gasteiger partial charge >= 0.3 is 0 Å². The van der Waals surface area contributed by atoms with E-state index in [1.807, 2.05) is 12.1 Å². The third-order valence-corrected chi connectivity index (χ3v) is 4.69. The molecule has 4 nitrogen and oxygen atoms in total. The van der Waals surface area contributed by atoms with Gasteiger partial charge in [0, 0.05) is 18.4 Å². The molecule has 1 fully saturated rings. The molecule has 0 saturated heterocycles. The molecule has 0 bridgehead atoms. The molecule has 0 radical (unpaired) electrons. The minimum atomic E-state index is 0.319. The third kappa shape index (κ3) is 3.57. The van der Waals surface area contributed by atoms with Crippen LogP contribution in [0.25, 0.3) is 0 Å². The molecular formula is C15H17Cl2N3O. The summed E-state index contributed by atoms with van der Waals surface area (Å²) in [6, 6.07) is 5.85. The summed E-state index contributed by atoms with van der Waals surface area (Å²) in [5, 5.41) is 5.15. The molecule has 3 rings (SSSR count). The lowest BCUT2D eigenvalue weighted by atomic mass is 9.86. The Morgan fingerprint density at radius 2 is 1.90 bits per heavy atom. The van der Waals surface area contributed by atoms with Gasteiger partial charge in [-0.3, -0.25) is 0 Å². The van der Waals surface area contributed by atoms with Crippen molar-refractivity contribution in [3.05, 3.63) is 45.5 Å². The average molecular weight is 326 g/mol. The van der Waals surface area contributed by atoms with E-state index in [0.29, 0.717) is 34.3 Å². The van der Waals surface area contributed by atoms with E-state index in [4.69, 9.17) is 33.5 Å². The molecule has 1 saturated carbocycles. The highest BCUT2D eigenvalue weighted by atomic mass is 35.5. The summed E-state index contributed by atoms with van der Waals surface area (Å²) < 4.78 is 5.40. The summed E-state index contributed by atoms with van der Waals surface area (Å²) in [6.07, 6.45) is 4.68. The first-order valence-corrected chi connectivity index (χ1v) is 7.89. The highest BCUT2D eigenvalue weighted by molar-refractivity contribution is 6.42. The first-order chi connectivity index (χ1) is 10.1. The largest absolute Gasteiger partial charge is 0.339 e. The van der Waals surface area contributed by atoms with E-state index in [9.17, 15) is 0 Å². The molecule has 0 unspecified atom stereocenters. The van der Waals surface area contributed by atoms with Gasteiger partial charge in [0.1, 0.15) is 0 Å². The Labute approximate surface area is 133 Å². The third-order valence-electron chi connectivity index (χ3n) is 3.95. The highest BCUT2D eigenvalue weighted by Gasteiger charge is 2.24. The lowest BCUT2D eigenvalue weighted by molar-refractivity contribution is 0.300. The van der Waals surface area contributed by atoms with Crippen LogP contribution in [0.5, 0.6) is 0 Å². The summed E-state index contributed by atoms with van der Waals surface area (Å²) in [6.45, 7) is 0. The number of nitrogens with zero attached hydrogens (tertiary/aromatic N) is 2. The van der Waals surface area contributed by atoms with Gasteiger partial charge < -0.3 is 10.3 Å². The van der Waals surface area contributed by atoms with Gasteiger partial charge in [0.2, 0.25) is 5.89 Å². The van der Waals surface area contributed by atoms with Gasteiger partial charge in [-0.25, -0.2) is 0 Å².